The minimum Gasteiger partial charge on any atom is -0.875 e. The Kier molecular flexibility index (Phi) is 5.48. The first-order valence-corrected chi connectivity index (χ1v) is 10.4. The zero-order chi connectivity index (χ0) is 22.3. The first-order valence-electron chi connectivity index (χ1n) is 10.4. The number of rotatable bonds is 4. The van der Waals surface area contributed by atoms with Gasteiger partial charge in [-0.2, -0.15) is 0 Å². The van der Waals surface area contributed by atoms with Crippen LogP contribution in [0.2, 0.25) is 0 Å². The van der Waals surface area contributed by atoms with Crippen LogP contribution in [0.25, 0.3) is 16.8 Å². The smallest absolute Gasteiger partial charge is 0.162 e. The molecule has 160 valence electrons. The van der Waals surface area contributed by atoms with E-state index in [9.17, 15) is 14.3 Å². The molecule has 0 fully saturated rings. The number of carbonyl (C=O) groups is 1. The Morgan fingerprint density at radius 2 is 1.84 bits per heavy atom. The van der Waals surface area contributed by atoms with Crippen LogP contribution >= 0.6 is 0 Å². The molecule has 1 aliphatic rings. The molecule has 2 atom stereocenters. The molecule has 4 rings (SSSR count). The number of hydrogen-bond acceptors (Lipinski definition) is 4. The summed E-state index contributed by atoms with van der Waals surface area (Å²) in [7, 11) is 0. The maximum Gasteiger partial charge on any atom is 0.162 e. The van der Waals surface area contributed by atoms with Crippen LogP contribution in [-0.2, 0) is 4.79 Å². The second-order valence-corrected chi connectivity index (χ2v) is 8.50. The first-order chi connectivity index (χ1) is 14.7. The molecule has 0 aliphatic heterocycles. The number of carbonyl (C=O) groups excluding carboxylic acids is 1. The van der Waals surface area contributed by atoms with E-state index in [4.69, 9.17) is 0 Å². The molecular formula is C25H25FN3O2-. The summed E-state index contributed by atoms with van der Waals surface area (Å²) in [5.74, 6) is -0.743. The molecule has 0 radical (unpaired) electrons. The lowest BCUT2D eigenvalue weighted by Gasteiger charge is -2.34. The molecule has 2 unspecified atom stereocenters. The number of aryl methyl sites for hydroxylation is 3. The van der Waals surface area contributed by atoms with Crippen LogP contribution in [0.5, 0.6) is 0 Å². The molecule has 31 heavy (non-hydrogen) atoms. The van der Waals surface area contributed by atoms with E-state index in [1.54, 1.807) is 23.0 Å². The third kappa shape index (κ3) is 4.02. The van der Waals surface area contributed by atoms with Crippen molar-refractivity contribution in [3.63, 3.8) is 0 Å². The lowest BCUT2D eigenvalue weighted by molar-refractivity contribution is -0.308. The average molecular weight is 418 g/mol. The molecule has 0 N–H and O–H groups in total. The second kappa shape index (κ2) is 8.10. The number of ketones is 1. The lowest BCUT2D eigenvalue weighted by atomic mass is 9.79. The SMILES string of the molecule is Cc1cc(C)c(C2=C([O-])CC(C(C)n3cc(-c4cccc(F)c4)nn3)CC2=O)c(C)c1. The zero-order valence-electron chi connectivity index (χ0n) is 18.1. The standard InChI is InChI=1S/C25H26FN3O2/c1-14-8-15(2)24(16(3)9-14)25-22(30)11-19(12-23(25)31)17(4)29-13-21(27-28-29)18-6-5-7-20(26)10-18/h5-10,13,17,19,30H,11-12H2,1-4H3/p-1. The number of aromatic nitrogens is 3. The van der Waals surface area contributed by atoms with Crippen molar-refractivity contribution in [2.75, 3.05) is 0 Å². The van der Waals surface area contributed by atoms with E-state index in [2.05, 4.69) is 10.3 Å². The summed E-state index contributed by atoms with van der Waals surface area (Å²) >= 11 is 0. The minimum absolute atomic E-state index is 0.117. The number of nitrogens with zero attached hydrogens (tertiary/aromatic N) is 3. The van der Waals surface area contributed by atoms with Crippen molar-refractivity contribution in [3.05, 3.63) is 76.4 Å². The van der Waals surface area contributed by atoms with Gasteiger partial charge in [-0.05, 0) is 68.9 Å². The van der Waals surface area contributed by atoms with Crippen molar-refractivity contribution < 1.29 is 14.3 Å². The maximum absolute atomic E-state index is 13.5. The van der Waals surface area contributed by atoms with E-state index in [0.717, 1.165) is 22.3 Å². The van der Waals surface area contributed by atoms with Crippen molar-refractivity contribution in [3.8, 4) is 11.3 Å². The van der Waals surface area contributed by atoms with Crippen molar-refractivity contribution >= 4 is 11.4 Å². The van der Waals surface area contributed by atoms with Crippen LogP contribution in [0.3, 0.4) is 0 Å². The zero-order valence-corrected chi connectivity index (χ0v) is 18.1. The summed E-state index contributed by atoms with van der Waals surface area (Å²) < 4.78 is 15.2. The first kappa shape index (κ1) is 21.0. The molecule has 3 aromatic rings. The van der Waals surface area contributed by atoms with Crippen LogP contribution < -0.4 is 5.11 Å². The van der Waals surface area contributed by atoms with E-state index in [1.165, 1.54) is 12.1 Å². The molecule has 0 bridgehead atoms. The number of Topliss-reactive ketones (excluding diaryl/α,β-unsaturated/α-hetero) is 1. The average Bonchev–Trinajstić information content (AvgIpc) is 3.19. The fraction of sp³-hybridized carbons (Fsp3) is 0.320. The van der Waals surface area contributed by atoms with Gasteiger partial charge in [-0.1, -0.05) is 35.0 Å². The number of allylic oxidation sites excluding steroid dienone is 2. The minimum atomic E-state index is -0.340. The molecule has 1 heterocycles. The largest absolute Gasteiger partial charge is 0.875 e. The highest BCUT2D eigenvalue weighted by Gasteiger charge is 2.30. The molecule has 0 saturated heterocycles. The maximum atomic E-state index is 13.5. The highest BCUT2D eigenvalue weighted by molar-refractivity contribution is 6.22. The molecule has 1 aliphatic carbocycles. The molecule has 2 aromatic carbocycles. The molecule has 6 heteroatoms. The van der Waals surface area contributed by atoms with Gasteiger partial charge in [-0.3, -0.25) is 4.79 Å². The normalized spacial score (nSPS) is 17.8. The van der Waals surface area contributed by atoms with E-state index in [1.807, 2.05) is 39.8 Å². The van der Waals surface area contributed by atoms with Gasteiger partial charge in [0.05, 0.1) is 12.2 Å². The molecule has 0 amide bonds. The van der Waals surface area contributed by atoms with E-state index in [-0.39, 0.29) is 42.2 Å². The summed E-state index contributed by atoms with van der Waals surface area (Å²) in [6.45, 7) is 7.83. The van der Waals surface area contributed by atoms with E-state index >= 15 is 0 Å². The predicted octanol–water partition coefficient (Wildman–Crippen LogP) is 4.32. The van der Waals surface area contributed by atoms with Gasteiger partial charge >= 0.3 is 0 Å². The van der Waals surface area contributed by atoms with E-state index in [0.29, 0.717) is 16.8 Å². The fourth-order valence-corrected chi connectivity index (χ4v) is 4.57. The topological polar surface area (TPSA) is 70.8 Å². The Bertz CT molecular complexity index is 1170. The summed E-state index contributed by atoms with van der Waals surface area (Å²) in [4.78, 5) is 13.1. The molecule has 0 spiro atoms. The summed E-state index contributed by atoms with van der Waals surface area (Å²) in [5.41, 5.74) is 5.32. The number of halogens is 1. The Labute approximate surface area is 181 Å². The van der Waals surface area contributed by atoms with Gasteiger partial charge in [0.15, 0.2) is 5.78 Å². The van der Waals surface area contributed by atoms with Gasteiger partial charge in [0, 0.05) is 17.6 Å². The monoisotopic (exact) mass is 418 g/mol. The van der Waals surface area contributed by atoms with Crippen molar-refractivity contribution in [2.24, 2.45) is 5.92 Å². The number of benzene rings is 2. The third-order valence-corrected chi connectivity index (χ3v) is 6.11. The van der Waals surface area contributed by atoms with Crippen molar-refractivity contribution in [2.45, 2.75) is 46.6 Å². The summed E-state index contributed by atoms with van der Waals surface area (Å²) in [6.07, 6.45) is 2.30. The highest BCUT2D eigenvalue weighted by Crippen LogP contribution is 2.38. The van der Waals surface area contributed by atoms with Gasteiger partial charge in [-0.25, -0.2) is 9.07 Å². The van der Waals surface area contributed by atoms with Crippen LogP contribution in [0.4, 0.5) is 4.39 Å². The van der Waals surface area contributed by atoms with E-state index < -0.39 is 0 Å². The third-order valence-electron chi connectivity index (χ3n) is 6.11. The fourth-order valence-electron chi connectivity index (χ4n) is 4.57. The molecule has 0 saturated carbocycles. The Balaban J connectivity index is 1.60. The van der Waals surface area contributed by atoms with Gasteiger partial charge in [0.1, 0.15) is 11.5 Å². The highest BCUT2D eigenvalue weighted by atomic mass is 19.1. The summed E-state index contributed by atoms with van der Waals surface area (Å²) in [6, 6.07) is 9.99. The van der Waals surface area contributed by atoms with Gasteiger partial charge in [0.2, 0.25) is 0 Å². The van der Waals surface area contributed by atoms with Crippen molar-refractivity contribution in [1.82, 2.24) is 15.0 Å². The molecular weight excluding hydrogens is 393 g/mol. The van der Waals surface area contributed by atoms with Crippen LogP contribution in [0.1, 0.15) is 48.1 Å². The van der Waals surface area contributed by atoms with Crippen molar-refractivity contribution in [1.29, 1.82) is 0 Å². The van der Waals surface area contributed by atoms with Gasteiger partial charge in [-0.15, -0.1) is 10.9 Å². The lowest BCUT2D eigenvalue weighted by Crippen LogP contribution is -2.30. The Morgan fingerprint density at radius 3 is 2.48 bits per heavy atom. The number of hydrogen-bond donors (Lipinski definition) is 0. The second-order valence-electron chi connectivity index (χ2n) is 8.50. The van der Waals surface area contributed by atoms with Crippen LogP contribution in [-0.4, -0.2) is 20.8 Å². The predicted molar refractivity (Wildman–Crippen MR) is 115 cm³/mol. The van der Waals surface area contributed by atoms with Crippen LogP contribution in [0.15, 0.2) is 48.4 Å². The van der Waals surface area contributed by atoms with Gasteiger partial charge in [0.25, 0.3) is 0 Å². The van der Waals surface area contributed by atoms with Crippen LogP contribution in [0, 0.1) is 32.5 Å². The molecule has 5 nitrogen and oxygen atoms in total. The Hall–Kier alpha value is -3.28. The summed E-state index contributed by atoms with van der Waals surface area (Å²) in [5, 5.41) is 21.4. The quantitative estimate of drug-likeness (QED) is 0.633. The van der Waals surface area contributed by atoms with Gasteiger partial charge < -0.3 is 5.11 Å². The molecule has 1 aromatic heterocycles. The Morgan fingerprint density at radius 1 is 1.13 bits per heavy atom.